The molecule has 1 amide bonds. The van der Waals surface area contributed by atoms with Crippen LogP contribution in [0.3, 0.4) is 0 Å². The summed E-state index contributed by atoms with van der Waals surface area (Å²) in [5.74, 6) is 0.175. The summed E-state index contributed by atoms with van der Waals surface area (Å²) in [5, 5.41) is 3.09. The summed E-state index contributed by atoms with van der Waals surface area (Å²) in [7, 11) is 1.95. The molecule has 5 nitrogen and oxygen atoms in total. The lowest BCUT2D eigenvalue weighted by Gasteiger charge is -2.28. The zero-order valence-corrected chi connectivity index (χ0v) is 11.7. The molecule has 6 heteroatoms. The summed E-state index contributed by atoms with van der Waals surface area (Å²) in [6.07, 6.45) is 0. The number of nitrogens with zero attached hydrogens (tertiary/aromatic N) is 3. The van der Waals surface area contributed by atoms with Crippen LogP contribution in [0.1, 0.15) is 10.7 Å². The van der Waals surface area contributed by atoms with E-state index in [1.807, 2.05) is 29.2 Å². The standard InChI is InChI=1S/C12H19N3O2S/c1-10-9-18-11(13-10)7-14(2)8-12(16)15-3-5-17-6-4-15/h9H,3-8H2,1-2H3. The molecule has 2 rings (SSSR count). The maximum atomic E-state index is 12.0. The number of likely N-dealkylation sites (N-methyl/N-ethyl adjacent to an activating group) is 1. The largest absolute Gasteiger partial charge is 0.378 e. The Morgan fingerprint density at radius 1 is 1.56 bits per heavy atom. The van der Waals surface area contributed by atoms with Crippen LogP contribution in [0.15, 0.2) is 5.38 Å². The third-order valence-corrected chi connectivity index (χ3v) is 3.79. The monoisotopic (exact) mass is 269 g/mol. The molecule has 1 aromatic heterocycles. The van der Waals surface area contributed by atoms with Gasteiger partial charge in [0.25, 0.3) is 0 Å². The Hall–Kier alpha value is -0.980. The molecule has 1 aliphatic rings. The Kier molecular flexibility index (Phi) is 4.68. The summed E-state index contributed by atoms with van der Waals surface area (Å²) >= 11 is 1.64. The van der Waals surface area contributed by atoms with E-state index in [1.54, 1.807) is 11.3 Å². The molecular formula is C12H19N3O2S. The van der Waals surface area contributed by atoms with Crippen molar-refractivity contribution in [2.45, 2.75) is 13.5 Å². The molecule has 0 spiro atoms. The quantitative estimate of drug-likeness (QED) is 0.809. The second kappa shape index (κ2) is 6.26. The van der Waals surface area contributed by atoms with Gasteiger partial charge in [0.05, 0.1) is 26.3 Å². The zero-order valence-electron chi connectivity index (χ0n) is 10.9. The predicted octanol–water partition coefficient (Wildman–Crippen LogP) is 0.742. The van der Waals surface area contributed by atoms with Gasteiger partial charge in [0.15, 0.2) is 0 Å². The maximum absolute atomic E-state index is 12.0. The average Bonchev–Trinajstić information content (AvgIpc) is 2.75. The van der Waals surface area contributed by atoms with Crippen LogP contribution in [-0.2, 0) is 16.1 Å². The second-order valence-electron chi connectivity index (χ2n) is 4.55. The van der Waals surface area contributed by atoms with Gasteiger partial charge in [0, 0.05) is 24.2 Å². The highest BCUT2D eigenvalue weighted by Gasteiger charge is 2.18. The molecule has 0 unspecified atom stereocenters. The first-order chi connectivity index (χ1) is 8.65. The van der Waals surface area contributed by atoms with Crippen molar-refractivity contribution in [1.82, 2.24) is 14.8 Å². The first kappa shape index (κ1) is 13.5. The lowest BCUT2D eigenvalue weighted by atomic mass is 10.4. The van der Waals surface area contributed by atoms with Crippen molar-refractivity contribution in [3.63, 3.8) is 0 Å². The molecule has 1 aliphatic heterocycles. The molecule has 18 heavy (non-hydrogen) atoms. The van der Waals surface area contributed by atoms with Gasteiger partial charge in [-0.1, -0.05) is 0 Å². The summed E-state index contributed by atoms with van der Waals surface area (Å²) < 4.78 is 5.24. The fraction of sp³-hybridized carbons (Fsp3) is 0.667. The van der Waals surface area contributed by atoms with Crippen molar-refractivity contribution in [2.24, 2.45) is 0 Å². The molecule has 1 fully saturated rings. The van der Waals surface area contributed by atoms with Gasteiger partial charge in [-0.15, -0.1) is 11.3 Å². The Balaban J connectivity index is 1.79. The van der Waals surface area contributed by atoms with E-state index in [-0.39, 0.29) is 5.91 Å². The van der Waals surface area contributed by atoms with Gasteiger partial charge >= 0.3 is 0 Å². The van der Waals surface area contributed by atoms with Crippen molar-refractivity contribution in [3.05, 3.63) is 16.1 Å². The third kappa shape index (κ3) is 3.76. The van der Waals surface area contributed by atoms with Crippen LogP contribution in [0.25, 0.3) is 0 Å². The van der Waals surface area contributed by atoms with Gasteiger partial charge in [-0.05, 0) is 14.0 Å². The summed E-state index contributed by atoms with van der Waals surface area (Å²) in [4.78, 5) is 20.3. The fourth-order valence-corrected chi connectivity index (χ4v) is 2.76. The molecule has 0 radical (unpaired) electrons. The van der Waals surface area contributed by atoms with E-state index in [2.05, 4.69) is 4.98 Å². The summed E-state index contributed by atoms with van der Waals surface area (Å²) in [6, 6.07) is 0. The van der Waals surface area contributed by atoms with Crippen LogP contribution in [0.2, 0.25) is 0 Å². The summed E-state index contributed by atoms with van der Waals surface area (Å²) in [6.45, 7) is 5.89. The van der Waals surface area contributed by atoms with Gasteiger partial charge in [-0.2, -0.15) is 0 Å². The van der Waals surface area contributed by atoms with Gasteiger partial charge < -0.3 is 9.64 Å². The van der Waals surface area contributed by atoms with Crippen LogP contribution < -0.4 is 0 Å². The second-order valence-corrected chi connectivity index (χ2v) is 5.49. The van der Waals surface area contributed by atoms with Crippen molar-refractivity contribution < 1.29 is 9.53 Å². The molecule has 1 aromatic rings. The number of thiazole rings is 1. The number of rotatable bonds is 4. The number of amides is 1. The summed E-state index contributed by atoms with van der Waals surface area (Å²) in [5.41, 5.74) is 1.04. The predicted molar refractivity (Wildman–Crippen MR) is 70.6 cm³/mol. The Labute approximate surface area is 111 Å². The zero-order chi connectivity index (χ0) is 13.0. The van der Waals surface area contributed by atoms with E-state index in [0.29, 0.717) is 32.8 Å². The Morgan fingerprint density at radius 2 is 2.28 bits per heavy atom. The van der Waals surface area contributed by atoms with Gasteiger partial charge in [-0.3, -0.25) is 9.69 Å². The van der Waals surface area contributed by atoms with Crippen LogP contribution in [0, 0.1) is 6.92 Å². The highest BCUT2D eigenvalue weighted by Crippen LogP contribution is 2.10. The van der Waals surface area contributed by atoms with Crippen molar-refractivity contribution in [3.8, 4) is 0 Å². The minimum absolute atomic E-state index is 0.175. The topological polar surface area (TPSA) is 45.7 Å². The molecule has 0 saturated carbocycles. The van der Waals surface area contributed by atoms with Crippen LogP contribution in [-0.4, -0.2) is 60.6 Å². The van der Waals surface area contributed by atoms with Crippen molar-refractivity contribution in [2.75, 3.05) is 39.9 Å². The van der Waals surface area contributed by atoms with Crippen LogP contribution in [0.4, 0.5) is 0 Å². The van der Waals surface area contributed by atoms with Crippen LogP contribution >= 0.6 is 11.3 Å². The molecule has 0 atom stereocenters. The van der Waals surface area contributed by atoms with Gasteiger partial charge in [0.1, 0.15) is 5.01 Å². The highest BCUT2D eigenvalue weighted by atomic mass is 32.1. The first-order valence-corrected chi connectivity index (χ1v) is 6.98. The number of morpholine rings is 1. The number of hydrogen-bond donors (Lipinski definition) is 0. The molecule has 0 bridgehead atoms. The maximum Gasteiger partial charge on any atom is 0.236 e. The number of carbonyl (C=O) groups excluding carboxylic acids is 1. The van der Waals surface area contributed by atoms with Crippen molar-refractivity contribution in [1.29, 1.82) is 0 Å². The normalized spacial score (nSPS) is 16.3. The lowest BCUT2D eigenvalue weighted by molar-refractivity contribution is -0.136. The molecule has 1 saturated heterocycles. The molecule has 0 aliphatic carbocycles. The average molecular weight is 269 g/mol. The number of aryl methyl sites for hydroxylation is 1. The van der Waals surface area contributed by atoms with Crippen molar-refractivity contribution >= 4 is 17.2 Å². The molecule has 0 N–H and O–H groups in total. The van der Waals surface area contributed by atoms with Gasteiger partial charge in [0.2, 0.25) is 5.91 Å². The highest BCUT2D eigenvalue weighted by molar-refractivity contribution is 7.09. The fourth-order valence-electron chi connectivity index (χ4n) is 1.91. The molecule has 2 heterocycles. The Bertz CT molecular complexity index is 402. The minimum atomic E-state index is 0.175. The third-order valence-electron chi connectivity index (χ3n) is 2.84. The van der Waals surface area contributed by atoms with Gasteiger partial charge in [-0.25, -0.2) is 4.98 Å². The number of ether oxygens (including phenoxy) is 1. The van der Waals surface area contributed by atoms with E-state index in [0.717, 1.165) is 17.2 Å². The van der Waals surface area contributed by atoms with E-state index in [9.17, 15) is 4.79 Å². The lowest BCUT2D eigenvalue weighted by Crippen LogP contribution is -2.44. The minimum Gasteiger partial charge on any atom is -0.378 e. The number of carbonyl (C=O) groups is 1. The SMILES string of the molecule is Cc1csc(CN(C)CC(=O)N2CCOCC2)n1. The molecule has 0 aromatic carbocycles. The molecule has 100 valence electrons. The van der Waals surface area contributed by atoms with E-state index >= 15 is 0 Å². The van der Waals surface area contributed by atoms with Crippen LogP contribution in [0.5, 0.6) is 0 Å². The number of hydrogen-bond acceptors (Lipinski definition) is 5. The molecular weight excluding hydrogens is 250 g/mol. The Morgan fingerprint density at radius 3 is 2.89 bits per heavy atom. The van der Waals surface area contributed by atoms with E-state index in [4.69, 9.17) is 4.74 Å². The first-order valence-electron chi connectivity index (χ1n) is 6.10. The van der Waals surface area contributed by atoms with E-state index < -0.39 is 0 Å². The number of aromatic nitrogens is 1. The van der Waals surface area contributed by atoms with E-state index in [1.165, 1.54) is 0 Å². The smallest absolute Gasteiger partial charge is 0.236 e.